The number of pyridine rings is 1. The number of amides is 1. The maximum atomic E-state index is 17.4. The summed E-state index contributed by atoms with van der Waals surface area (Å²) in [5, 5.41) is 2.03. The molecule has 8 nitrogen and oxygen atoms in total. The second-order valence-corrected chi connectivity index (χ2v) is 23.3. The van der Waals surface area contributed by atoms with Crippen LogP contribution in [0.15, 0.2) is 35.5 Å². The first-order valence-corrected chi connectivity index (χ1v) is 22.6. The number of ether oxygens (including phenoxy) is 2. The van der Waals surface area contributed by atoms with Crippen LogP contribution >= 0.6 is 11.8 Å². The van der Waals surface area contributed by atoms with Crippen molar-refractivity contribution >= 4 is 53.4 Å². The Morgan fingerprint density at radius 1 is 1.00 bits per heavy atom. The molecule has 1 amide bonds. The Hall–Kier alpha value is -3.95. The molecule has 3 aliphatic rings. The van der Waals surface area contributed by atoms with E-state index in [1.165, 1.54) is 17.8 Å². The van der Waals surface area contributed by atoms with Crippen molar-refractivity contribution in [3.63, 3.8) is 0 Å². The number of piperazine rings is 1. The molecule has 2 saturated heterocycles. The van der Waals surface area contributed by atoms with Crippen molar-refractivity contribution < 1.29 is 23.0 Å². The summed E-state index contributed by atoms with van der Waals surface area (Å²) in [5.41, 5.74) is 4.85. The van der Waals surface area contributed by atoms with E-state index in [2.05, 4.69) is 57.9 Å². The fourth-order valence-corrected chi connectivity index (χ4v) is 15.1. The summed E-state index contributed by atoms with van der Waals surface area (Å²) in [7, 11) is -2.24. The van der Waals surface area contributed by atoms with E-state index < -0.39 is 31.4 Å². The highest BCUT2D eigenvalue weighted by Gasteiger charge is 2.54. The normalized spacial score (nSPS) is 21.0. The SMILES string of the molecule is CSc1nc2c3c(nc(-c4cccc5ccc(F)c(C#C[Si](C(C)C)(C(C)C)C(C)C)c45)c(F)c3n1)O[C@@H](C)[C@@H]1[C@@H]3CC[C@H](CN21)N3C(=O)OC(C)(C)C. The first-order valence-electron chi connectivity index (χ1n) is 19.1. The second kappa shape index (κ2) is 14.0. The average Bonchev–Trinajstić information content (AvgIpc) is 3.35. The third kappa shape index (κ3) is 6.19. The van der Waals surface area contributed by atoms with Crippen molar-refractivity contribution in [1.82, 2.24) is 19.9 Å². The quantitative estimate of drug-likeness (QED) is 0.0859. The van der Waals surface area contributed by atoms with Gasteiger partial charge >= 0.3 is 6.09 Å². The molecule has 4 aromatic rings. The highest BCUT2D eigenvalue weighted by Crippen LogP contribution is 2.47. The van der Waals surface area contributed by atoms with Gasteiger partial charge < -0.3 is 14.4 Å². The predicted octanol–water partition coefficient (Wildman–Crippen LogP) is 10.2. The predicted molar refractivity (Wildman–Crippen MR) is 216 cm³/mol. The maximum Gasteiger partial charge on any atom is 0.410 e. The first kappa shape index (κ1) is 38.3. The van der Waals surface area contributed by atoms with Crippen molar-refractivity contribution in [3.05, 3.63) is 47.5 Å². The van der Waals surface area contributed by atoms with Gasteiger partial charge in [-0.3, -0.25) is 4.90 Å². The lowest BCUT2D eigenvalue weighted by atomic mass is 9.96. The summed E-state index contributed by atoms with van der Waals surface area (Å²) < 4.78 is 46.0. The Morgan fingerprint density at radius 3 is 2.35 bits per heavy atom. The molecule has 4 atom stereocenters. The van der Waals surface area contributed by atoms with Crippen molar-refractivity contribution in [2.45, 2.75) is 134 Å². The first-order chi connectivity index (χ1) is 25.5. The van der Waals surface area contributed by atoms with Gasteiger partial charge in [-0.1, -0.05) is 83.5 Å². The zero-order chi connectivity index (χ0) is 39.0. The number of carbonyl (C=O) groups is 1. The van der Waals surface area contributed by atoms with Crippen molar-refractivity contribution in [3.8, 4) is 28.6 Å². The van der Waals surface area contributed by atoms with E-state index in [4.69, 9.17) is 24.4 Å². The lowest BCUT2D eigenvalue weighted by Gasteiger charge is -2.48. The van der Waals surface area contributed by atoms with Gasteiger partial charge in [-0.25, -0.2) is 28.5 Å². The molecule has 286 valence electrons. The lowest BCUT2D eigenvalue weighted by molar-refractivity contribution is 0.000949. The minimum absolute atomic E-state index is 0.0116. The van der Waals surface area contributed by atoms with Crippen LogP contribution in [-0.2, 0) is 4.74 Å². The molecule has 2 fully saturated rings. The Balaban J connectivity index is 1.43. The van der Waals surface area contributed by atoms with Crippen LogP contribution in [0.4, 0.5) is 19.4 Å². The highest BCUT2D eigenvalue weighted by molar-refractivity contribution is 7.98. The smallest absolute Gasteiger partial charge is 0.410 e. The van der Waals surface area contributed by atoms with Gasteiger partial charge in [-0.15, -0.1) is 5.54 Å². The summed E-state index contributed by atoms with van der Waals surface area (Å²) >= 11 is 1.33. The Morgan fingerprint density at radius 2 is 1.70 bits per heavy atom. The standard InChI is InChI=1S/C42H51F2N5O3SSi/c1-22(2)54(23(3)4,24(5)6)20-19-28-30(43)17-15-26-13-12-14-29(32(26)28)35-34(44)36-33-38(47-40(46-36)53-11)48-21-27-16-18-31(37(48)25(7)51-39(33)45-35)49(27)41(50)52-42(8,9)10/h12-15,17,22-25,27,31,37H,16,18,21H2,1-11H3/t25-,27+,31-,37+/m0/s1. The molecule has 2 aromatic carbocycles. The van der Waals surface area contributed by atoms with Gasteiger partial charge in [-0.05, 0) is 74.9 Å². The number of halogens is 2. The van der Waals surface area contributed by atoms with Crippen LogP contribution in [0, 0.1) is 23.1 Å². The third-order valence-electron chi connectivity index (χ3n) is 11.8. The molecule has 0 unspecified atom stereocenters. The molecule has 0 N–H and O–H groups in total. The molecule has 0 spiro atoms. The summed E-state index contributed by atoms with van der Waals surface area (Å²) in [4.78, 5) is 32.2. The number of anilines is 1. The van der Waals surface area contributed by atoms with Crippen LogP contribution in [0.1, 0.15) is 87.6 Å². The van der Waals surface area contributed by atoms with Crippen LogP contribution in [0.3, 0.4) is 0 Å². The molecular weight excluding hydrogens is 721 g/mol. The van der Waals surface area contributed by atoms with Gasteiger partial charge in [0.1, 0.15) is 48.0 Å². The number of carbonyl (C=O) groups excluding carboxylic acids is 1. The molecule has 0 aliphatic carbocycles. The van der Waals surface area contributed by atoms with Crippen LogP contribution in [0.2, 0.25) is 16.6 Å². The number of thioether (sulfide) groups is 1. The number of fused-ring (bicyclic) bond motifs is 6. The molecule has 54 heavy (non-hydrogen) atoms. The van der Waals surface area contributed by atoms with Crippen LogP contribution in [0.25, 0.3) is 32.9 Å². The Labute approximate surface area is 322 Å². The van der Waals surface area contributed by atoms with E-state index in [1.807, 2.05) is 51.0 Å². The van der Waals surface area contributed by atoms with Gasteiger partial charge in [-0.2, -0.15) is 0 Å². The second-order valence-electron chi connectivity index (χ2n) is 17.0. The Kier molecular flexibility index (Phi) is 9.91. The van der Waals surface area contributed by atoms with Crippen LogP contribution in [-0.4, -0.2) is 76.7 Å². The molecular formula is C42H51F2N5O3SSi. The number of benzene rings is 2. The summed E-state index contributed by atoms with van der Waals surface area (Å²) in [6.07, 6.45) is 2.63. The monoisotopic (exact) mass is 771 g/mol. The number of aromatic nitrogens is 3. The number of hydrogen-bond donors (Lipinski definition) is 0. The fraction of sp³-hybridized carbons (Fsp3) is 0.524. The lowest BCUT2D eigenvalue weighted by Crippen LogP contribution is -2.65. The molecule has 3 aliphatic heterocycles. The molecule has 2 aromatic heterocycles. The van der Waals surface area contributed by atoms with Gasteiger partial charge in [0.15, 0.2) is 11.0 Å². The van der Waals surface area contributed by atoms with Gasteiger partial charge in [0, 0.05) is 17.5 Å². The van der Waals surface area contributed by atoms with E-state index in [0.717, 1.165) is 18.2 Å². The third-order valence-corrected chi connectivity index (χ3v) is 18.6. The van der Waals surface area contributed by atoms with Crippen molar-refractivity contribution in [2.75, 3.05) is 17.7 Å². The molecule has 2 bridgehead atoms. The van der Waals surface area contributed by atoms with Crippen molar-refractivity contribution in [1.29, 1.82) is 0 Å². The maximum absolute atomic E-state index is 17.4. The van der Waals surface area contributed by atoms with E-state index in [0.29, 0.717) is 50.5 Å². The fourth-order valence-electron chi connectivity index (χ4n) is 9.57. The highest BCUT2D eigenvalue weighted by atomic mass is 32.2. The van der Waals surface area contributed by atoms with Crippen LogP contribution in [0.5, 0.6) is 5.88 Å². The van der Waals surface area contributed by atoms with Gasteiger partial charge in [0.25, 0.3) is 0 Å². The zero-order valence-corrected chi connectivity index (χ0v) is 35.0. The van der Waals surface area contributed by atoms with Crippen molar-refractivity contribution in [2.24, 2.45) is 0 Å². The molecule has 0 radical (unpaired) electrons. The largest absolute Gasteiger partial charge is 0.472 e. The molecule has 5 heterocycles. The van der Waals surface area contributed by atoms with Gasteiger partial charge in [0.2, 0.25) is 5.88 Å². The molecule has 0 saturated carbocycles. The summed E-state index contributed by atoms with van der Waals surface area (Å²) in [6.45, 7) is 21.4. The number of hydrogen-bond acceptors (Lipinski definition) is 8. The van der Waals surface area contributed by atoms with E-state index in [9.17, 15) is 4.79 Å². The molecule has 7 rings (SSSR count). The minimum atomic E-state index is -2.24. The number of nitrogens with zero attached hydrogens (tertiary/aromatic N) is 5. The minimum Gasteiger partial charge on any atom is -0.472 e. The topological polar surface area (TPSA) is 80.7 Å². The Bertz CT molecular complexity index is 2190. The van der Waals surface area contributed by atoms with E-state index in [1.54, 1.807) is 12.1 Å². The summed E-state index contributed by atoms with van der Waals surface area (Å²) in [5.74, 6) is 3.00. The van der Waals surface area contributed by atoms with Gasteiger partial charge in [0.05, 0.1) is 23.7 Å². The average molecular weight is 772 g/mol. The zero-order valence-electron chi connectivity index (χ0n) is 33.2. The van der Waals surface area contributed by atoms with E-state index in [-0.39, 0.29) is 46.9 Å². The summed E-state index contributed by atoms with van der Waals surface area (Å²) in [6, 6.07) is 8.02. The van der Waals surface area contributed by atoms with Crippen LogP contribution < -0.4 is 9.64 Å². The number of rotatable bonds is 5. The molecule has 12 heteroatoms. The van der Waals surface area contributed by atoms with E-state index >= 15 is 8.78 Å².